The Hall–Kier alpha value is -1.04. The molecular weight excluding hydrogens is 386 g/mol. The molecular formula is C15H13Br2NO2. The number of hydrogen-bond donors (Lipinski definition) is 1. The van der Waals surface area contributed by atoms with Crippen molar-refractivity contribution < 1.29 is 9.47 Å². The van der Waals surface area contributed by atoms with E-state index in [2.05, 4.69) is 55.4 Å². The van der Waals surface area contributed by atoms with Crippen molar-refractivity contribution in [1.29, 1.82) is 0 Å². The fourth-order valence-electron chi connectivity index (χ4n) is 2.05. The summed E-state index contributed by atoms with van der Waals surface area (Å²) in [5, 5.41) is 3.42. The van der Waals surface area contributed by atoms with Gasteiger partial charge in [-0.25, -0.2) is 0 Å². The van der Waals surface area contributed by atoms with Crippen LogP contribution in [0.15, 0.2) is 45.3 Å². The normalized spacial score (nSPS) is 12.7. The molecule has 3 nitrogen and oxygen atoms in total. The Kier molecular flexibility index (Phi) is 4.29. The Morgan fingerprint density at radius 3 is 2.35 bits per heavy atom. The van der Waals surface area contributed by atoms with Crippen molar-refractivity contribution in [3.05, 3.63) is 56.5 Å². The van der Waals surface area contributed by atoms with Gasteiger partial charge in [-0.3, -0.25) is 0 Å². The molecule has 2 aromatic rings. The number of fused-ring (bicyclic) bond motifs is 1. The molecule has 0 aliphatic carbocycles. The number of nitrogens with one attached hydrogen (secondary N) is 1. The molecule has 1 aliphatic rings. The maximum absolute atomic E-state index is 5.37. The number of rotatable bonds is 4. The molecule has 1 heterocycles. The third-order valence-corrected chi connectivity index (χ3v) is 4.96. The monoisotopic (exact) mass is 397 g/mol. The summed E-state index contributed by atoms with van der Waals surface area (Å²) in [6, 6.07) is 12.3. The Morgan fingerprint density at radius 2 is 1.55 bits per heavy atom. The zero-order valence-corrected chi connectivity index (χ0v) is 13.8. The van der Waals surface area contributed by atoms with Crippen molar-refractivity contribution >= 4 is 31.9 Å². The minimum Gasteiger partial charge on any atom is -0.454 e. The van der Waals surface area contributed by atoms with E-state index in [4.69, 9.17) is 9.47 Å². The van der Waals surface area contributed by atoms with Crippen LogP contribution in [0.25, 0.3) is 0 Å². The van der Waals surface area contributed by atoms with Crippen molar-refractivity contribution in [3.8, 4) is 11.5 Å². The molecule has 0 amide bonds. The molecule has 1 aliphatic heterocycles. The van der Waals surface area contributed by atoms with Crippen molar-refractivity contribution in [2.75, 3.05) is 6.79 Å². The van der Waals surface area contributed by atoms with Crippen molar-refractivity contribution in [1.82, 2.24) is 5.32 Å². The van der Waals surface area contributed by atoms with Gasteiger partial charge in [0.05, 0.1) is 0 Å². The Balaban J connectivity index is 1.58. The van der Waals surface area contributed by atoms with Gasteiger partial charge in [-0.05, 0) is 67.3 Å². The third kappa shape index (κ3) is 3.16. The van der Waals surface area contributed by atoms with E-state index >= 15 is 0 Å². The second-order valence-corrected chi connectivity index (χ2v) is 6.25. The van der Waals surface area contributed by atoms with Gasteiger partial charge in [0, 0.05) is 22.0 Å². The Labute approximate surface area is 134 Å². The fraction of sp³-hybridized carbons (Fsp3) is 0.200. The predicted molar refractivity (Wildman–Crippen MR) is 85.0 cm³/mol. The van der Waals surface area contributed by atoms with Crippen molar-refractivity contribution in [2.24, 2.45) is 0 Å². The zero-order valence-electron chi connectivity index (χ0n) is 10.7. The average molecular weight is 399 g/mol. The summed E-state index contributed by atoms with van der Waals surface area (Å²) in [7, 11) is 0. The van der Waals surface area contributed by atoms with Crippen LogP contribution in [0.2, 0.25) is 0 Å². The second-order valence-electron chi connectivity index (χ2n) is 4.54. The summed E-state index contributed by atoms with van der Waals surface area (Å²) in [5.41, 5.74) is 2.42. The van der Waals surface area contributed by atoms with Crippen molar-refractivity contribution in [3.63, 3.8) is 0 Å². The molecule has 0 unspecified atom stereocenters. The number of halogens is 2. The third-order valence-electron chi connectivity index (χ3n) is 3.08. The van der Waals surface area contributed by atoms with Crippen LogP contribution < -0.4 is 14.8 Å². The molecule has 0 radical (unpaired) electrons. The lowest BCUT2D eigenvalue weighted by Gasteiger charge is -2.07. The molecule has 0 spiro atoms. The van der Waals surface area contributed by atoms with Gasteiger partial charge in [0.1, 0.15) is 0 Å². The van der Waals surface area contributed by atoms with E-state index in [1.807, 2.05) is 18.2 Å². The summed E-state index contributed by atoms with van der Waals surface area (Å²) < 4.78 is 12.8. The van der Waals surface area contributed by atoms with Gasteiger partial charge in [0.15, 0.2) is 11.5 Å². The maximum atomic E-state index is 5.37. The summed E-state index contributed by atoms with van der Waals surface area (Å²) >= 11 is 6.98. The number of hydrogen-bond acceptors (Lipinski definition) is 3. The lowest BCUT2D eigenvalue weighted by Crippen LogP contribution is -2.12. The number of ether oxygens (including phenoxy) is 2. The molecule has 0 bridgehead atoms. The standard InChI is InChI=1S/C15H13Br2NO2/c16-12-3-1-10(5-13(12)17)7-18-8-11-2-4-14-15(6-11)20-9-19-14/h1-6,18H,7-9H2. The van der Waals surface area contributed by atoms with Gasteiger partial charge >= 0.3 is 0 Å². The van der Waals surface area contributed by atoms with E-state index in [9.17, 15) is 0 Å². The molecule has 1 N–H and O–H groups in total. The lowest BCUT2D eigenvalue weighted by molar-refractivity contribution is 0.174. The van der Waals surface area contributed by atoms with Crippen LogP contribution in [0.5, 0.6) is 11.5 Å². The Bertz CT molecular complexity index is 631. The number of benzene rings is 2. The predicted octanol–water partition coefficient (Wildman–Crippen LogP) is 4.23. The highest BCUT2D eigenvalue weighted by Gasteiger charge is 2.12. The van der Waals surface area contributed by atoms with Crippen LogP contribution >= 0.6 is 31.9 Å². The van der Waals surface area contributed by atoms with Gasteiger partial charge in [-0.1, -0.05) is 12.1 Å². The first-order valence-electron chi connectivity index (χ1n) is 6.25. The molecule has 0 atom stereocenters. The van der Waals surface area contributed by atoms with Crippen LogP contribution in [-0.2, 0) is 13.1 Å². The van der Waals surface area contributed by atoms with E-state index in [1.165, 1.54) is 11.1 Å². The van der Waals surface area contributed by atoms with Gasteiger partial charge in [-0.2, -0.15) is 0 Å². The summed E-state index contributed by atoms with van der Waals surface area (Å²) in [6.07, 6.45) is 0. The largest absolute Gasteiger partial charge is 0.454 e. The van der Waals surface area contributed by atoms with E-state index in [0.717, 1.165) is 33.5 Å². The maximum Gasteiger partial charge on any atom is 0.231 e. The minimum atomic E-state index is 0.319. The van der Waals surface area contributed by atoms with Gasteiger partial charge < -0.3 is 14.8 Å². The van der Waals surface area contributed by atoms with E-state index < -0.39 is 0 Å². The molecule has 2 aromatic carbocycles. The molecule has 104 valence electrons. The highest BCUT2D eigenvalue weighted by molar-refractivity contribution is 9.13. The first-order chi connectivity index (χ1) is 9.72. The quantitative estimate of drug-likeness (QED) is 0.835. The first-order valence-corrected chi connectivity index (χ1v) is 7.84. The van der Waals surface area contributed by atoms with Crippen LogP contribution in [0.4, 0.5) is 0 Å². The van der Waals surface area contributed by atoms with E-state index in [0.29, 0.717) is 6.79 Å². The zero-order chi connectivity index (χ0) is 13.9. The van der Waals surface area contributed by atoms with Crippen LogP contribution in [0, 0.1) is 0 Å². The SMILES string of the molecule is Brc1ccc(CNCc2ccc3c(c2)OCO3)cc1Br. The molecule has 0 aromatic heterocycles. The van der Waals surface area contributed by atoms with Gasteiger partial charge in [0.25, 0.3) is 0 Å². The Morgan fingerprint density at radius 1 is 0.850 bits per heavy atom. The molecule has 20 heavy (non-hydrogen) atoms. The fourth-order valence-corrected chi connectivity index (χ4v) is 2.72. The summed E-state index contributed by atoms with van der Waals surface area (Å²) in [6.45, 7) is 1.93. The van der Waals surface area contributed by atoms with Crippen LogP contribution in [-0.4, -0.2) is 6.79 Å². The molecule has 0 saturated heterocycles. The molecule has 5 heteroatoms. The minimum absolute atomic E-state index is 0.319. The highest BCUT2D eigenvalue weighted by Crippen LogP contribution is 2.32. The summed E-state index contributed by atoms with van der Waals surface area (Å²) in [5.74, 6) is 1.65. The topological polar surface area (TPSA) is 30.5 Å². The van der Waals surface area contributed by atoms with E-state index in [1.54, 1.807) is 0 Å². The molecule has 0 saturated carbocycles. The van der Waals surface area contributed by atoms with E-state index in [-0.39, 0.29) is 0 Å². The average Bonchev–Trinajstić information content (AvgIpc) is 2.90. The smallest absolute Gasteiger partial charge is 0.231 e. The van der Waals surface area contributed by atoms with Crippen LogP contribution in [0.1, 0.15) is 11.1 Å². The highest BCUT2D eigenvalue weighted by atomic mass is 79.9. The molecule has 0 fully saturated rings. The summed E-state index contributed by atoms with van der Waals surface area (Å²) in [4.78, 5) is 0. The van der Waals surface area contributed by atoms with Gasteiger partial charge in [-0.15, -0.1) is 0 Å². The second kappa shape index (κ2) is 6.16. The van der Waals surface area contributed by atoms with Gasteiger partial charge in [0.2, 0.25) is 6.79 Å². The van der Waals surface area contributed by atoms with Crippen molar-refractivity contribution in [2.45, 2.75) is 13.1 Å². The molecule has 3 rings (SSSR count). The first kappa shape index (κ1) is 13.9. The van der Waals surface area contributed by atoms with Crippen LogP contribution in [0.3, 0.4) is 0 Å². The lowest BCUT2D eigenvalue weighted by atomic mass is 10.2.